The van der Waals surface area contributed by atoms with Crippen LogP contribution in [0, 0.1) is 17.7 Å². The van der Waals surface area contributed by atoms with Crippen LogP contribution in [0.25, 0.3) is 0 Å². The van der Waals surface area contributed by atoms with Crippen molar-refractivity contribution in [3.05, 3.63) is 29.8 Å². The maximum absolute atomic E-state index is 12.9. The molecule has 0 saturated carbocycles. The van der Waals surface area contributed by atoms with Gasteiger partial charge < -0.3 is 10.6 Å². The summed E-state index contributed by atoms with van der Waals surface area (Å²) >= 11 is 0. The zero-order valence-electron chi connectivity index (χ0n) is 12.6. The number of nitrogens with two attached hydrogens (primary N) is 1. The molecular formula is C16H26FN3. The van der Waals surface area contributed by atoms with Gasteiger partial charge in [-0.15, -0.1) is 0 Å². The smallest absolute Gasteiger partial charge is 0.141 e. The largest absolute Gasteiger partial charge is 0.322 e. The Balaban J connectivity index is 1.90. The van der Waals surface area contributed by atoms with Gasteiger partial charge in [-0.25, -0.2) is 4.39 Å². The van der Waals surface area contributed by atoms with Crippen molar-refractivity contribution in [2.24, 2.45) is 17.6 Å². The third kappa shape index (κ3) is 4.25. The fourth-order valence-electron chi connectivity index (χ4n) is 2.90. The van der Waals surface area contributed by atoms with Crippen molar-refractivity contribution in [2.75, 3.05) is 19.6 Å². The molecular weight excluding hydrogens is 253 g/mol. The number of rotatable bonds is 4. The van der Waals surface area contributed by atoms with Crippen molar-refractivity contribution >= 4 is 0 Å². The molecule has 1 aromatic heterocycles. The van der Waals surface area contributed by atoms with Gasteiger partial charge in [0.25, 0.3) is 0 Å². The minimum Gasteiger partial charge on any atom is -0.322 e. The Morgan fingerprint density at radius 1 is 1.40 bits per heavy atom. The lowest BCUT2D eigenvalue weighted by Crippen LogP contribution is -2.34. The Hall–Kier alpha value is -1.00. The topological polar surface area (TPSA) is 42.1 Å². The van der Waals surface area contributed by atoms with Gasteiger partial charge in [0.15, 0.2) is 0 Å². The van der Waals surface area contributed by atoms with E-state index in [9.17, 15) is 4.39 Å². The SMILES string of the molecule is CC1CCCN(CC(C)C(N)c2ccc(F)cn2)CC1. The molecule has 1 aromatic rings. The highest BCUT2D eigenvalue weighted by Crippen LogP contribution is 2.22. The standard InChI is InChI=1S/C16H26FN3/c1-12-4-3-8-20(9-7-12)11-13(2)16(18)15-6-5-14(17)10-19-15/h5-6,10,12-13,16H,3-4,7-9,11,18H2,1-2H3. The van der Waals surface area contributed by atoms with Crippen LogP contribution in [0.3, 0.4) is 0 Å². The predicted octanol–water partition coefficient (Wildman–Crippen LogP) is 2.98. The lowest BCUT2D eigenvalue weighted by Gasteiger charge is -2.27. The van der Waals surface area contributed by atoms with Crippen LogP contribution in [0.15, 0.2) is 18.3 Å². The van der Waals surface area contributed by atoms with Crippen LogP contribution in [0.4, 0.5) is 4.39 Å². The number of nitrogens with zero attached hydrogens (tertiary/aromatic N) is 2. The molecule has 0 aromatic carbocycles. The van der Waals surface area contributed by atoms with Crippen LogP contribution in [0.2, 0.25) is 0 Å². The van der Waals surface area contributed by atoms with Crippen LogP contribution in [-0.2, 0) is 0 Å². The van der Waals surface area contributed by atoms with Crippen molar-refractivity contribution in [1.82, 2.24) is 9.88 Å². The van der Waals surface area contributed by atoms with E-state index in [0.29, 0.717) is 5.92 Å². The van der Waals surface area contributed by atoms with Gasteiger partial charge >= 0.3 is 0 Å². The fraction of sp³-hybridized carbons (Fsp3) is 0.688. The normalized spacial score (nSPS) is 24.1. The first-order valence-electron chi connectivity index (χ1n) is 7.65. The first-order chi connectivity index (χ1) is 9.56. The van der Waals surface area contributed by atoms with Gasteiger partial charge in [0.2, 0.25) is 0 Å². The Kier molecular flexibility index (Phi) is 5.49. The number of pyridine rings is 1. The third-order valence-electron chi connectivity index (χ3n) is 4.36. The molecule has 1 saturated heterocycles. The van der Waals surface area contributed by atoms with Crippen LogP contribution in [0.5, 0.6) is 0 Å². The van der Waals surface area contributed by atoms with E-state index >= 15 is 0 Å². The zero-order valence-corrected chi connectivity index (χ0v) is 12.6. The summed E-state index contributed by atoms with van der Waals surface area (Å²) in [5, 5.41) is 0. The maximum atomic E-state index is 12.9. The summed E-state index contributed by atoms with van der Waals surface area (Å²) in [4.78, 5) is 6.62. The van der Waals surface area contributed by atoms with Crippen molar-refractivity contribution in [3.63, 3.8) is 0 Å². The highest BCUT2D eigenvalue weighted by atomic mass is 19.1. The van der Waals surface area contributed by atoms with Gasteiger partial charge in [-0.2, -0.15) is 0 Å². The lowest BCUT2D eigenvalue weighted by molar-refractivity contribution is 0.226. The molecule has 0 spiro atoms. The molecule has 3 atom stereocenters. The molecule has 1 aliphatic rings. The molecule has 20 heavy (non-hydrogen) atoms. The van der Waals surface area contributed by atoms with Gasteiger partial charge in [0, 0.05) is 6.54 Å². The number of aromatic nitrogens is 1. The summed E-state index contributed by atoms with van der Waals surface area (Å²) in [6.45, 7) is 7.81. The number of hydrogen-bond acceptors (Lipinski definition) is 3. The second-order valence-corrected chi connectivity index (χ2v) is 6.24. The second-order valence-electron chi connectivity index (χ2n) is 6.24. The Morgan fingerprint density at radius 2 is 2.20 bits per heavy atom. The predicted molar refractivity (Wildman–Crippen MR) is 79.7 cm³/mol. The first-order valence-corrected chi connectivity index (χ1v) is 7.65. The summed E-state index contributed by atoms with van der Waals surface area (Å²) in [6.07, 6.45) is 5.13. The molecule has 3 nitrogen and oxygen atoms in total. The quantitative estimate of drug-likeness (QED) is 0.921. The van der Waals surface area contributed by atoms with E-state index in [-0.39, 0.29) is 11.9 Å². The van der Waals surface area contributed by atoms with Crippen molar-refractivity contribution in [1.29, 1.82) is 0 Å². The van der Waals surface area contributed by atoms with Crippen LogP contribution in [-0.4, -0.2) is 29.5 Å². The Morgan fingerprint density at radius 3 is 2.90 bits per heavy atom. The molecule has 0 bridgehead atoms. The molecule has 1 fully saturated rings. The van der Waals surface area contributed by atoms with Crippen LogP contribution < -0.4 is 5.73 Å². The van der Waals surface area contributed by atoms with Gasteiger partial charge in [-0.3, -0.25) is 4.98 Å². The van der Waals surface area contributed by atoms with Gasteiger partial charge in [0.1, 0.15) is 5.82 Å². The summed E-state index contributed by atoms with van der Waals surface area (Å²) < 4.78 is 12.9. The van der Waals surface area contributed by atoms with Crippen molar-refractivity contribution in [2.45, 2.75) is 39.2 Å². The number of halogens is 1. The van der Waals surface area contributed by atoms with Gasteiger partial charge in [-0.05, 0) is 56.3 Å². The fourth-order valence-corrected chi connectivity index (χ4v) is 2.90. The molecule has 4 heteroatoms. The van der Waals surface area contributed by atoms with E-state index in [1.54, 1.807) is 6.07 Å². The Bertz CT molecular complexity index is 407. The molecule has 2 N–H and O–H groups in total. The highest BCUT2D eigenvalue weighted by molar-refractivity contribution is 5.10. The van der Waals surface area contributed by atoms with Gasteiger partial charge in [-0.1, -0.05) is 13.8 Å². The summed E-state index contributed by atoms with van der Waals surface area (Å²) in [5.74, 6) is 0.847. The lowest BCUT2D eigenvalue weighted by atomic mass is 9.98. The van der Waals surface area contributed by atoms with E-state index in [4.69, 9.17) is 5.73 Å². The average molecular weight is 279 g/mol. The van der Waals surface area contributed by atoms with Crippen LogP contribution in [0.1, 0.15) is 44.8 Å². The number of hydrogen-bond donors (Lipinski definition) is 1. The maximum Gasteiger partial charge on any atom is 0.141 e. The van der Waals surface area contributed by atoms with E-state index in [1.807, 2.05) is 0 Å². The van der Waals surface area contributed by atoms with Crippen molar-refractivity contribution in [3.8, 4) is 0 Å². The summed E-state index contributed by atoms with van der Waals surface area (Å²) in [5.41, 5.74) is 7.04. The van der Waals surface area contributed by atoms with E-state index < -0.39 is 0 Å². The third-order valence-corrected chi connectivity index (χ3v) is 4.36. The number of likely N-dealkylation sites (tertiary alicyclic amines) is 1. The second kappa shape index (κ2) is 7.14. The summed E-state index contributed by atoms with van der Waals surface area (Å²) in [7, 11) is 0. The molecule has 2 rings (SSSR count). The summed E-state index contributed by atoms with van der Waals surface area (Å²) in [6, 6.07) is 3.00. The molecule has 0 aliphatic carbocycles. The molecule has 2 heterocycles. The van der Waals surface area contributed by atoms with Crippen molar-refractivity contribution < 1.29 is 4.39 Å². The Labute approximate surface area is 121 Å². The van der Waals surface area contributed by atoms with E-state index in [2.05, 4.69) is 23.7 Å². The van der Waals surface area contributed by atoms with E-state index in [1.165, 1.54) is 31.5 Å². The molecule has 0 amide bonds. The first kappa shape index (κ1) is 15.4. The average Bonchev–Trinajstić information content (AvgIpc) is 2.64. The minimum absolute atomic E-state index is 0.128. The zero-order chi connectivity index (χ0) is 14.5. The molecule has 3 unspecified atom stereocenters. The van der Waals surface area contributed by atoms with Crippen LogP contribution >= 0.6 is 0 Å². The minimum atomic E-state index is -0.310. The molecule has 1 aliphatic heterocycles. The van der Waals surface area contributed by atoms with Gasteiger partial charge in [0.05, 0.1) is 17.9 Å². The molecule has 112 valence electrons. The monoisotopic (exact) mass is 279 g/mol. The van der Waals surface area contributed by atoms with E-state index in [0.717, 1.165) is 31.2 Å². The molecule has 0 radical (unpaired) electrons. The highest BCUT2D eigenvalue weighted by Gasteiger charge is 2.21.